The summed E-state index contributed by atoms with van der Waals surface area (Å²) in [6.45, 7) is 1.92. The van der Waals surface area contributed by atoms with Crippen molar-refractivity contribution in [3.8, 4) is 5.75 Å². The molecule has 1 atom stereocenters. The highest BCUT2D eigenvalue weighted by molar-refractivity contribution is 9.10. The summed E-state index contributed by atoms with van der Waals surface area (Å²) in [6.07, 6.45) is 0. The quantitative estimate of drug-likeness (QED) is 0.235. The molecule has 37 heavy (non-hydrogen) atoms. The fourth-order valence-electron chi connectivity index (χ4n) is 4.78. The molecule has 0 bridgehead atoms. The zero-order chi connectivity index (χ0) is 26.3. The number of hydrogen-bond acceptors (Lipinski definition) is 7. The van der Waals surface area contributed by atoms with Crippen molar-refractivity contribution in [2.75, 3.05) is 7.11 Å². The number of halogens is 1. The molecule has 1 N–H and O–H groups in total. The monoisotopic (exact) mass is 560 g/mol. The Hall–Kier alpha value is -4.24. The van der Waals surface area contributed by atoms with E-state index in [4.69, 9.17) is 9.47 Å². The Morgan fingerprint density at radius 1 is 1.08 bits per heavy atom. The number of ketones is 1. The number of hydrogen-bond donors (Lipinski definition) is 1. The first kappa shape index (κ1) is 24.5. The zero-order valence-electron chi connectivity index (χ0n) is 19.9. The van der Waals surface area contributed by atoms with Crippen molar-refractivity contribution < 1.29 is 24.0 Å². The maximum atomic E-state index is 13.5. The van der Waals surface area contributed by atoms with Gasteiger partial charge in [-0.3, -0.25) is 14.9 Å². The number of rotatable bonds is 6. The van der Waals surface area contributed by atoms with Gasteiger partial charge in [0.1, 0.15) is 12.4 Å². The molecule has 186 valence electrons. The van der Waals surface area contributed by atoms with Crippen molar-refractivity contribution in [2.45, 2.75) is 19.4 Å². The number of nitro benzene ring substituents is 1. The standard InChI is InChI=1S/C28H21BrN2O6/c1-15-23(28(33)36-2)24(25-26(30-15)19-8-3-4-9-20(19)27(25)32)17-10-11-22(21(29)13-17)37-14-16-6-5-7-18(12-16)31(34)35/h3-13,24,30H,14H2,1-2H3/t24-/m1/s1. The number of carbonyl (C=O) groups excluding carboxylic acids is 2. The molecule has 3 aromatic carbocycles. The molecule has 3 aromatic rings. The molecule has 1 aliphatic carbocycles. The van der Waals surface area contributed by atoms with Crippen molar-refractivity contribution in [1.29, 1.82) is 0 Å². The summed E-state index contributed by atoms with van der Waals surface area (Å²) in [5, 5.41) is 14.3. The van der Waals surface area contributed by atoms with Crippen LogP contribution < -0.4 is 10.1 Å². The SMILES string of the molecule is COC(=O)C1=C(C)NC2=C(C(=O)c3ccccc32)[C@@H]1c1ccc(OCc2cccc([N+](=O)[O-])c2)c(Br)c1. The van der Waals surface area contributed by atoms with Crippen LogP contribution >= 0.6 is 15.9 Å². The third-order valence-electron chi connectivity index (χ3n) is 6.46. The molecule has 1 heterocycles. The van der Waals surface area contributed by atoms with Crippen molar-refractivity contribution in [3.05, 3.63) is 120 Å². The van der Waals surface area contributed by atoms with Gasteiger partial charge in [-0.25, -0.2) is 4.79 Å². The molecule has 0 radical (unpaired) electrons. The largest absolute Gasteiger partial charge is 0.488 e. The third-order valence-corrected chi connectivity index (χ3v) is 7.08. The minimum Gasteiger partial charge on any atom is -0.488 e. The van der Waals surface area contributed by atoms with E-state index in [-0.39, 0.29) is 18.1 Å². The number of nitrogens with zero attached hydrogens (tertiary/aromatic N) is 1. The van der Waals surface area contributed by atoms with Gasteiger partial charge in [-0.2, -0.15) is 0 Å². The first-order valence-electron chi connectivity index (χ1n) is 11.4. The van der Waals surface area contributed by atoms with Gasteiger partial charge in [-0.15, -0.1) is 0 Å². The number of dihydropyridines is 1. The molecule has 0 unspecified atom stereocenters. The fourth-order valence-corrected chi connectivity index (χ4v) is 5.29. The summed E-state index contributed by atoms with van der Waals surface area (Å²) < 4.78 is 11.6. The first-order chi connectivity index (χ1) is 17.8. The summed E-state index contributed by atoms with van der Waals surface area (Å²) in [4.78, 5) is 37.0. The molecule has 8 nitrogen and oxygen atoms in total. The molecule has 1 aliphatic heterocycles. The van der Waals surface area contributed by atoms with Gasteiger partial charge in [-0.1, -0.05) is 42.5 Å². The lowest BCUT2D eigenvalue weighted by Gasteiger charge is -2.29. The van der Waals surface area contributed by atoms with Gasteiger partial charge in [-0.05, 0) is 46.1 Å². The van der Waals surface area contributed by atoms with Gasteiger partial charge in [0.25, 0.3) is 5.69 Å². The average Bonchev–Trinajstić information content (AvgIpc) is 3.18. The number of esters is 1. The Balaban J connectivity index is 1.51. The van der Waals surface area contributed by atoms with Crippen molar-refractivity contribution >= 4 is 39.1 Å². The molecular formula is C28H21BrN2O6. The van der Waals surface area contributed by atoms with Crippen LogP contribution in [0.4, 0.5) is 5.69 Å². The number of benzene rings is 3. The van der Waals surface area contributed by atoms with Crippen LogP contribution in [0, 0.1) is 10.1 Å². The minimum atomic E-state index is -0.647. The number of nitro groups is 1. The summed E-state index contributed by atoms with van der Waals surface area (Å²) in [6, 6.07) is 19.0. The Bertz CT molecular complexity index is 1540. The molecule has 0 fully saturated rings. The van der Waals surface area contributed by atoms with Crippen LogP contribution in [-0.2, 0) is 16.1 Å². The lowest BCUT2D eigenvalue weighted by Crippen LogP contribution is -2.29. The maximum absolute atomic E-state index is 13.5. The Morgan fingerprint density at radius 3 is 2.54 bits per heavy atom. The van der Waals surface area contributed by atoms with E-state index in [9.17, 15) is 19.7 Å². The molecular weight excluding hydrogens is 540 g/mol. The van der Waals surface area contributed by atoms with Crippen molar-refractivity contribution in [2.24, 2.45) is 0 Å². The normalized spacial score (nSPS) is 16.2. The number of nitrogens with one attached hydrogen (secondary N) is 1. The van der Waals surface area contributed by atoms with Gasteiger partial charge in [0.2, 0.25) is 0 Å². The Morgan fingerprint density at radius 2 is 1.84 bits per heavy atom. The second kappa shape index (κ2) is 9.67. The number of ether oxygens (including phenoxy) is 2. The van der Waals surface area contributed by atoms with E-state index < -0.39 is 16.8 Å². The second-order valence-electron chi connectivity index (χ2n) is 8.66. The summed E-state index contributed by atoms with van der Waals surface area (Å²) in [5.41, 5.74) is 4.89. The Labute approximate surface area is 220 Å². The predicted molar refractivity (Wildman–Crippen MR) is 140 cm³/mol. The smallest absolute Gasteiger partial charge is 0.336 e. The molecule has 0 saturated heterocycles. The van der Waals surface area contributed by atoms with E-state index in [0.29, 0.717) is 49.5 Å². The number of fused-ring (bicyclic) bond motifs is 2. The lowest BCUT2D eigenvalue weighted by molar-refractivity contribution is -0.384. The van der Waals surface area contributed by atoms with Gasteiger partial charge in [0.15, 0.2) is 5.78 Å². The molecule has 2 aliphatic rings. The van der Waals surface area contributed by atoms with Crippen LogP contribution in [0.3, 0.4) is 0 Å². The number of carbonyl (C=O) groups is 2. The minimum absolute atomic E-state index is 0.00905. The first-order valence-corrected chi connectivity index (χ1v) is 12.2. The second-order valence-corrected chi connectivity index (χ2v) is 9.51. The summed E-state index contributed by atoms with van der Waals surface area (Å²) in [7, 11) is 1.32. The number of allylic oxidation sites excluding steroid dienone is 2. The highest BCUT2D eigenvalue weighted by Gasteiger charge is 2.42. The van der Waals surface area contributed by atoms with Crippen LogP contribution in [-0.4, -0.2) is 23.8 Å². The van der Waals surface area contributed by atoms with Gasteiger partial charge in [0, 0.05) is 40.4 Å². The fraction of sp³-hybridized carbons (Fsp3) is 0.143. The van der Waals surface area contributed by atoms with E-state index in [1.165, 1.54) is 19.2 Å². The number of non-ortho nitro benzene ring substituents is 1. The van der Waals surface area contributed by atoms with Gasteiger partial charge < -0.3 is 14.8 Å². The van der Waals surface area contributed by atoms with E-state index in [1.54, 1.807) is 37.3 Å². The van der Waals surface area contributed by atoms with Gasteiger partial charge in [0.05, 0.1) is 27.8 Å². The maximum Gasteiger partial charge on any atom is 0.336 e. The number of Topliss-reactive ketones (excluding diaryl/α,β-unsaturated/α-hetero) is 1. The van der Waals surface area contributed by atoms with Crippen LogP contribution in [0.25, 0.3) is 5.70 Å². The van der Waals surface area contributed by atoms with Gasteiger partial charge >= 0.3 is 5.97 Å². The van der Waals surface area contributed by atoms with Crippen LogP contribution in [0.2, 0.25) is 0 Å². The zero-order valence-corrected chi connectivity index (χ0v) is 21.5. The van der Waals surface area contributed by atoms with Crippen LogP contribution in [0.1, 0.15) is 39.9 Å². The number of methoxy groups -OCH3 is 1. The topological polar surface area (TPSA) is 108 Å². The van der Waals surface area contributed by atoms with Crippen molar-refractivity contribution in [3.63, 3.8) is 0 Å². The molecule has 0 aromatic heterocycles. The third kappa shape index (κ3) is 4.31. The average molecular weight is 561 g/mol. The summed E-state index contributed by atoms with van der Waals surface area (Å²) in [5.74, 6) is -0.794. The van der Waals surface area contributed by atoms with E-state index in [1.807, 2.05) is 24.3 Å². The molecule has 0 saturated carbocycles. The Kier molecular flexibility index (Phi) is 6.39. The summed E-state index contributed by atoms with van der Waals surface area (Å²) >= 11 is 3.55. The highest BCUT2D eigenvalue weighted by atomic mass is 79.9. The molecule has 5 rings (SSSR count). The van der Waals surface area contributed by atoms with E-state index >= 15 is 0 Å². The van der Waals surface area contributed by atoms with Crippen LogP contribution in [0.15, 0.2) is 88.0 Å². The molecule has 0 spiro atoms. The van der Waals surface area contributed by atoms with Crippen LogP contribution in [0.5, 0.6) is 5.75 Å². The lowest BCUT2D eigenvalue weighted by atomic mass is 9.80. The van der Waals surface area contributed by atoms with Crippen molar-refractivity contribution in [1.82, 2.24) is 5.32 Å². The van der Waals surface area contributed by atoms with E-state index in [0.717, 1.165) is 5.56 Å². The molecule has 9 heteroatoms. The van der Waals surface area contributed by atoms with E-state index in [2.05, 4.69) is 21.2 Å². The highest BCUT2D eigenvalue weighted by Crippen LogP contribution is 2.47. The predicted octanol–water partition coefficient (Wildman–Crippen LogP) is 5.68. The molecule has 0 amide bonds.